The van der Waals surface area contributed by atoms with Crippen molar-refractivity contribution >= 4 is 10.8 Å². The van der Waals surface area contributed by atoms with Gasteiger partial charge in [-0.3, -0.25) is 0 Å². The predicted molar refractivity (Wildman–Crippen MR) is 58.7 cm³/mol. The average molecular weight is 175 g/mol. The molecule has 0 unspecified atom stereocenters. The molecule has 2 aromatic rings. The van der Waals surface area contributed by atoms with Crippen molar-refractivity contribution in [2.75, 3.05) is 0 Å². The Balaban J connectivity index is 2.83. The summed E-state index contributed by atoms with van der Waals surface area (Å²) in [5.41, 5.74) is 1.73. The summed E-state index contributed by atoms with van der Waals surface area (Å²) in [5.74, 6) is 5.22. The molecule has 0 fully saturated rings. The van der Waals surface area contributed by atoms with Crippen LogP contribution < -0.4 is 0 Å². The fraction of sp³-hybridized carbons (Fsp3) is 0. The van der Waals surface area contributed by atoms with Crippen molar-refractivity contribution in [3.05, 3.63) is 47.5 Å². The van der Waals surface area contributed by atoms with E-state index in [0.717, 1.165) is 21.9 Å². The topological polar surface area (TPSA) is 0 Å². The minimum Gasteiger partial charge on any atom is -0.115 e. The lowest BCUT2D eigenvalue weighted by Crippen LogP contribution is -1.81. The Morgan fingerprint density at radius 3 is 2.64 bits per heavy atom. The van der Waals surface area contributed by atoms with Crippen molar-refractivity contribution in [1.82, 2.24) is 0 Å². The third-order valence-electron chi connectivity index (χ3n) is 2.12. The minimum atomic E-state index is 0.850. The number of hydrogen-bond donors (Lipinski definition) is 0. The Kier molecular flexibility index (Phi) is 1.98. The Hall–Kier alpha value is -2.18. The number of terminal acetylenes is 2. The van der Waals surface area contributed by atoms with Crippen LogP contribution in [0.1, 0.15) is 11.1 Å². The number of hydrogen-bond acceptors (Lipinski definition) is 0. The van der Waals surface area contributed by atoms with Crippen LogP contribution in [0.4, 0.5) is 0 Å². The SMILES string of the molecule is C#Cc1ccc2c(C#C)cc[c]c2c1. The molecule has 0 atom stereocenters. The van der Waals surface area contributed by atoms with Crippen molar-refractivity contribution in [3.8, 4) is 24.7 Å². The zero-order valence-electron chi connectivity index (χ0n) is 7.54. The average Bonchev–Trinajstić information content (AvgIpc) is 2.27. The van der Waals surface area contributed by atoms with Crippen molar-refractivity contribution < 1.29 is 0 Å². The van der Waals surface area contributed by atoms with Crippen molar-refractivity contribution in [2.45, 2.75) is 0 Å². The van der Waals surface area contributed by atoms with Gasteiger partial charge in [0, 0.05) is 11.1 Å². The molecule has 0 amide bonds. The van der Waals surface area contributed by atoms with Crippen LogP contribution in [0.3, 0.4) is 0 Å². The summed E-state index contributed by atoms with van der Waals surface area (Å²) in [6.45, 7) is 0. The van der Waals surface area contributed by atoms with Gasteiger partial charge in [-0.15, -0.1) is 12.8 Å². The van der Waals surface area contributed by atoms with Gasteiger partial charge in [-0.05, 0) is 35.0 Å². The maximum Gasteiger partial charge on any atom is 0.0321 e. The highest BCUT2D eigenvalue weighted by Gasteiger charge is 1.98. The van der Waals surface area contributed by atoms with Crippen LogP contribution in [-0.4, -0.2) is 0 Å². The van der Waals surface area contributed by atoms with Crippen LogP contribution in [0.2, 0.25) is 0 Å². The van der Waals surface area contributed by atoms with E-state index in [0.29, 0.717) is 0 Å². The van der Waals surface area contributed by atoms with E-state index in [4.69, 9.17) is 12.8 Å². The first-order valence-electron chi connectivity index (χ1n) is 4.23. The second kappa shape index (κ2) is 3.29. The van der Waals surface area contributed by atoms with Gasteiger partial charge in [0.1, 0.15) is 0 Å². The molecule has 0 heteroatoms. The maximum atomic E-state index is 5.38. The van der Waals surface area contributed by atoms with E-state index in [-0.39, 0.29) is 0 Å². The van der Waals surface area contributed by atoms with Crippen molar-refractivity contribution in [1.29, 1.82) is 0 Å². The molecule has 63 valence electrons. The molecule has 0 aliphatic heterocycles. The van der Waals surface area contributed by atoms with Crippen molar-refractivity contribution in [3.63, 3.8) is 0 Å². The molecule has 0 nitrogen and oxygen atoms in total. The fourth-order valence-electron chi connectivity index (χ4n) is 1.42. The summed E-state index contributed by atoms with van der Waals surface area (Å²) in [7, 11) is 0. The molecule has 2 aromatic carbocycles. The second-order valence-corrected chi connectivity index (χ2v) is 2.94. The van der Waals surface area contributed by atoms with Crippen LogP contribution in [0, 0.1) is 30.8 Å². The number of rotatable bonds is 0. The zero-order valence-corrected chi connectivity index (χ0v) is 7.54. The molecule has 0 aliphatic rings. The lowest BCUT2D eigenvalue weighted by atomic mass is 10.0. The van der Waals surface area contributed by atoms with E-state index in [9.17, 15) is 0 Å². The highest BCUT2D eigenvalue weighted by Crippen LogP contribution is 2.18. The molecule has 0 heterocycles. The predicted octanol–water partition coefficient (Wildman–Crippen LogP) is 2.60. The largest absolute Gasteiger partial charge is 0.115 e. The van der Waals surface area contributed by atoms with Gasteiger partial charge in [-0.2, -0.15) is 0 Å². The van der Waals surface area contributed by atoms with E-state index in [1.165, 1.54) is 0 Å². The molecule has 0 saturated heterocycles. The van der Waals surface area contributed by atoms with E-state index in [1.54, 1.807) is 0 Å². The van der Waals surface area contributed by atoms with Gasteiger partial charge in [-0.1, -0.05) is 24.0 Å². The third kappa shape index (κ3) is 1.24. The standard InChI is InChI=1S/C14H7/c1-3-11-8-9-14-12(4-2)6-5-7-13(14)10-11/h1-2,5-6,8-10H. The maximum absolute atomic E-state index is 5.38. The fourth-order valence-corrected chi connectivity index (χ4v) is 1.42. The summed E-state index contributed by atoms with van der Waals surface area (Å²) < 4.78 is 0. The normalized spacial score (nSPS) is 9.29. The highest BCUT2D eigenvalue weighted by molar-refractivity contribution is 5.88. The monoisotopic (exact) mass is 175 g/mol. The first-order chi connectivity index (χ1) is 6.85. The van der Waals surface area contributed by atoms with Crippen LogP contribution in [0.15, 0.2) is 30.3 Å². The van der Waals surface area contributed by atoms with E-state index in [2.05, 4.69) is 17.9 Å². The summed E-state index contributed by atoms with van der Waals surface area (Å²) in [4.78, 5) is 0. The first kappa shape index (κ1) is 8.42. The third-order valence-corrected chi connectivity index (χ3v) is 2.12. The van der Waals surface area contributed by atoms with Crippen LogP contribution in [-0.2, 0) is 0 Å². The summed E-state index contributed by atoms with van der Waals surface area (Å²) in [6, 6.07) is 12.5. The minimum absolute atomic E-state index is 0.850. The Morgan fingerprint density at radius 1 is 1.07 bits per heavy atom. The van der Waals surface area contributed by atoms with E-state index >= 15 is 0 Å². The van der Waals surface area contributed by atoms with Gasteiger partial charge in [-0.25, -0.2) is 0 Å². The molecule has 0 aromatic heterocycles. The lowest BCUT2D eigenvalue weighted by Gasteiger charge is -2.00. The van der Waals surface area contributed by atoms with Gasteiger partial charge in [0.2, 0.25) is 0 Å². The molecular weight excluding hydrogens is 168 g/mol. The van der Waals surface area contributed by atoms with Gasteiger partial charge in [0.25, 0.3) is 0 Å². The summed E-state index contributed by atoms with van der Waals surface area (Å²) >= 11 is 0. The molecule has 0 saturated carbocycles. The number of benzene rings is 2. The summed E-state index contributed by atoms with van der Waals surface area (Å²) in [5, 5.41) is 1.99. The number of fused-ring (bicyclic) bond motifs is 1. The Morgan fingerprint density at radius 2 is 1.93 bits per heavy atom. The summed E-state index contributed by atoms with van der Waals surface area (Å²) in [6.07, 6.45) is 10.7. The molecule has 14 heavy (non-hydrogen) atoms. The smallest absolute Gasteiger partial charge is 0.0321 e. The van der Waals surface area contributed by atoms with Crippen LogP contribution in [0.5, 0.6) is 0 Å². The van der Waals surface area contributed by atoms with Crippen LogP contribution in [0.25, 0.3) is 10.8 Å². The molecular formula is C14H7. The second-order valence-electron chi connectivity index (χ2n) is 2.94. The molecule has 1 radical (unpaired) electrons. The highest BCUT2D eigenvalue weighted by atomic mass is 14.0. The van der Waals surface area contributed by atoms with E-state index in [1.807, 2.05) is 30.3 Å². The van der Waals surface area contributed by atoms with Gasteiger partial charge >= 0.3 is 0 Å². The molecule has 0 spiro atoms. The van der Waals surface area contributed by atoms with Gasteiger partial charge in [0.15, 0.2) is 0 Å². The lowest BCUT2D eigenvalue weighted by molar-refractivity contribution is 1.66. The quantitative estimate of drug-likeness (QED) is 0.540. The van der Waals surface area contributed by atoms with Crippen molar-refractivity contribution in [2.24, 2.45) is 0 Å². The molecule has 0 N–H and O–H groups in total. The van der Waals surface area contributed by atoms with Gasteiger partial charge in [0.05, 0.1) is 0 Å². The Bertz CT molecular complexity index is 563. The van der Waals surface area contributed by atoms with E-state index < -0.39 is 0 Å². The van der Waals surface area contributed by atoms with Gasteiger partial charge < -0.3 is 0 Å². The Labute approximate surface area is 83.6 Å². The first-order valence-corrected chi connectivity index (χ1v) is 4.23. The molecule has 0 bridgehead atoms. The zero-order chi connectivity index (χ0) is 9.97. The van der Waals surface area contributed by atoms with Crippen LogP contribution >= 0.6 is 0 Å². The molecule has 2 rings (SSSR count). The molecule has 0 aliphatic carbocycles.